The van der Waals surface area contributed by atoms with Crippen LogP contribution in [0, 0.1) is 5.41 Å². The van der Waals surface area contributed by atoms with Crippen LogP contribution in [0.5, 0.6) is 5.75 Å². The van der Waals surface area contributed by atoms with Gasteiger partial charge in [-0.2, -0.15) is 5.10 Å². The molecule has 1 fully saturated rings. The Bertz CT molecular complexity index is 1180. The SMILES string of the molecule is CC(C)(C)OC(=O)N1CC2(CC=C(c3cnn4ccc(OCc5ccccc5)cc34)CC2)C1. The van der Waals surface area contributed by atoms with Crippen molar-refractivity contribution < 1.29 is 14.3 Å². The Morgan fingerprint density at radius 3 is 2.64 bits per heavy atom. The zero-order valence-electron chi connectivity index (χ0n) is 19.6. The van der Waals surface area contributed by atoms with Crippen molar-refractivity contribution >= 4 is 17.2 Å². The van der Waals surface area contributed by atoms with E-state index in [2.05, 4.69) is 29.4 Å². The lowest BCUT2D eigenvalue weighted by atomic mass is 9.69. The van der Waals surface area contributed by atoms with Crippen LogP contribution in [0.1, 0.15) is 51.2 Å². The van der Waals surface area contributed by atoms with E-state index in [1.807, 2.05) is 66.8 Å². The molecule has 0 bridgehead atoms. The van der Waals surface area contributed by atoms with E-state index in [0.29, 0.717) is 6.61 Å². The van der Waals surface area contributed by atoms with Crippen LogP contribution in [0.2, 0.25) is 0 Å². The maximum Gasteiger partial charge on any atom is 0.410 e. The number of carbonyl (C=O) groups is 1. The summed E-state index contributed by atoms with van der Waals surface area (Å²) < 4.78 is 13.4. The van der Waals surface area contributed by atoms with Crippen molar-refractivity contribution in [2.45, 2.75) is 52.2 Å². The summed E-state index contributed by atoms with van der Waals surface area (Å²) in [5.74, 6) is 0.841. The van der Waals surface area contributed by atoms with Gasteiger partial charge < -0.3 is 14.4 Å². The highest BCUT2D eigenvalue weighted by molar-refractivity contribution is 5.79. The van der Waals surface area contributed by atoms with E-state index < -0.39 is 5.60 Å². The van der Waals surface area contributed by atoms with E-state index in [-0.39, 0.29) is 11.5 Å². The molecule has 1 aromatic carbocycles. The number of allylic oxidation sites excluding steroid dienone is 2. The smallest absolute Gasteiger partial charge is 0.410 e. The second kappa shape index (κ2) is 8.25. The summed E-state index contributed by atoms with van der Waals surface area (Å²) in [6.45, 7) is 7.81. The number of rotatable bonds is 4. The molecule has 1 aliphatic heterocycles. The van der Waals surface area contributed by atoms with Gasteiger partial charge in [-0.15, -0.1) is 0 Å². The van der Waals surface area contributed by atoms with Gasteiger partial charge in [-0.3, -0.25) is 0 Å². The number of likely N-dealkylation sites (tertiary alicyclic amines) is 1. The number of benzene rings is 1. The lowest BCUT2D eigenvalue weighted by molar-refractivity contribution is -0.0371. The summed E-state index contributed by atoms with van der Waals surface area (Å²) in [5.41, 5.74) is 4.43. The highest BCUT2D eigenvalue weighted by atomic mass is 16.6. The van der Waals surface area contributed by atoms with E-state index in [1.165, 1.54) is 11.1 Å². The Morgan fingerprint density at radius 2 is 1.94 bits per heavy atom. The molecule has 0 unspecified atom stereocenters. The fourth-order valence-corrected chi connectivity index (χ4v) is 4.73. The van der Waals surface area contributed by atoms with E-state index in [4.69, 9.17) is 9.47 Å². The summed E-state index contributed by atoms with van der Waals surface area (Å²) >= 11 is 0. The predicted molar refractivity (Wildman–Crippen MR) is 128 cm³/mol. The van der Waals surface area contributed by atoms with Gasteiger partial charge >= 0.3 is 6.09 Å². The van der Waals surface area contributed by atoms with Gasteiger partial charge in [-0.05, 0) is 57.2 Å². The molecule has 33 heavy (non-hydrogen) atoms. The molecule has 2 aromatic heterocycles. The zero-order valence-corrected chi connectivity index (χ0v) is 19.6. The van der Waals surface area contributed by atoms with Gasteiger partial charge in [0, 0.05) is 36.3 Å². The largest absolute Gasteiger partial charge is 0.489 e. The highest BCUT2D eigenvalue weighted by Crippen LogP contribution is 2.46. The number of fused-ring (bicyclic) bond motifs is 1. The maximum atomic E-state index is 12.3. The van der Waals surface area contributed by atoms with Gasteiger partial charge in [0.25, 0.3) is 0 Å². The molecule has 1 saturated heterocycles. The van der Waals surface area contributed by atoms with Gasteiger partial charge in [0.05, 0.1) is 11.7 Å². The number of amides is 1. The molecular formula is C27H31N3O3. The topological polar surface area (TPSA) is 56.1 Å². The Balaban J connectivity index is 1.25. The van der Waals surface area contributed by atoms with Gasteiger partial charge in [0.15, 0.2) is 0 Å². The Hall–Kier alpha value is -3.28. The molecule has 0 atom stereocenters. The molecule has 3 heterocycles. The minimum absolute atomic E-state index is 0.188. The van der Waals surface area contributed by atoms with E-state index in [9.17, 15) is 4.79 Å². The normalized spacial score (nSPS) is 17.5. The fraction of sp³-hybridized carbons (Fsp3) is 0.407. The van der Waals surface area contributed by atoms with Crippen LogP contribution in [0.15, 0.2) is 60.9 Å². The van der Waals surface area contributed by atoms with Gasteiger partial charge in [-0.25, -0.2) is 9.31 Å². The van der Waals surface area contributed by atoms with Crippen LogP contribution in [0.3, 0.4) is 0 Å². The number of nitrogens with zero attached hydrogens (tertiary/aromatic N) is 3. The van der Waals surface area contributed by atoms with Gasteiger partial charge in [0.1, 0.15) is 18.0 Å². The molecule has 2 aliphatic rings. The predicted octanol–water partition coefficient (Wildman–Crippen LogP) is 5.72. The third kappa shape index (κ3) is 4.61. The first-order valence-corrected chi connectivity index (χ1v) is 11.6. The standard InChI is InChI=1S/C27H31N3O3/c1-26(2,3)33-25(31)29-18-27(19-29)12-9-21(10-13-27)23-16-28-30-14-11-22(15-24(23)30)32-17-20-7-5-4-6-8-20/h4-9,11,14-16H,10,12-13,17-19H2,1-3H3. The molecule has 1 amide bonds. The molecule has 0 radical (unpaired) electrons. The molecule has 1 spiro atoms. The lowest BCUT2D eigenvalue weighted by Crippen LogP contribution is -2.59. The second-order valence-corrected chi connectivity index (χ2v) is 10.3. The van der Waals surface area contributed by atoms with E-state index >= 15 is 0 Å². The molecule has 6 nitrogen and oxygen atoms in total. The van der Waals surface area contributed by atoms with Crippen molar-refractivity contribution in [2.24, 2.45) is 5.41 Å². The van der Waals surface area contributed by atoms with Gasteiger partial charge in [0.2, 0.25) is 0 Å². The van der Waals surface area contributed by atoms with Crippen LogP contribution in [0.4, 0.5) is 4.79 Å². The first kappa shape index (κ1) is 21.6. The molecular weight excluding hydrogens is 414 g/mol. The van der Waals surface area contributed by atoms with Crippen molar-refractivity contribution in [1.82, 2.24) is 14.5 Å². The van der Waals surface area contributed by atoms with Crippen molar-refractivity contribution in [1.29, 1.82) is 0 Å². The summed E-state index contributed by atoms with van der Waals surface area (Å²) in [6.07, 6.45) is 9.07. The molecule has 0 N–H and O–H groups in total. The average Bonchev–Trinajstić information content (AvgIpc) is 3.19. The Labute approximate surface area is 194 Å². The lowest BCUT2D eigenvalue weighted by Gasteiger charge is -2.51. The van der Waals surface area contributed by atoms with Crippen molar-refractivity contribution in [3.05, 3.63) is 72.1 Å². The quantitative estimate of drug-likeness (QED) is 0.516. The zero-order chi connectivity index (χ0) is 23.1. The van der Waals surface area contributed by atoms with Crippen LogP contribution < -0.4 is 4.74 Å². The number of hydrogen-bond donors (Lipinski definition) is 0. The summed E-state index contributed by atoms with van der Waals surface area (Å²) in [7, 11) is 0. The monoisotopic (exact) mass is 445 g/mol. The molecule has 1 aliphatic carbocycles. The third-order valence-electron chi connectivity index (χ3n) is 6.50. The molecule has 0 saturated carbocycles. The summed E-state index contributed by atoms with van der Waals surface area (Å²) in [4.78, 5) is 14.1. The fourth-order valence-electron chi connectivity index (χ4n) is 4.73. The van der Waals surface area contributed by atoms with Crippen molar-refractivity contribution in [3.8, 4) is 5.75 Å². The number of carbonyl (C=O) groups excluding carboxylic acids is 1. The molecule has 5 rings (SSSR count). The van der Waals surface area contributed by atoms with Crippen LogP contribution in [-0.4, -0.2) is 39.3 Å². The second-order valence-electron chi connectivity index (χ2n) is 10.3. The third-order valence-corrected chi connectivity index (χ3v) is 6.50. The Kier molecular flexibility index (Phi) is 5.39. The van der Waals surface area contributed by atoms with Crippen LogP contribution >= 0.6 is 0 Å². The molecule has 172 valence electrons. The average molecular weight is 446 g/mol. The minimum atomic E-state index is -0.452. The maximum absolute atomic E-state index is 12.3. The first-order valence-electron chi connectivity index (χ1n) is 11.6. The van der Waals surface area contributed by atoms with Crippen molar-refractivity contribution in [3.63, 3.8) is 0 Å². The molecule has 3 aromatic rings. The number of ether oxygens (including phenoxy) is 2. The highest BCUT2D eigenvalue weighted by Gasteiger charge is 2.46. The number of aromatic nitrogens is 2. The van der Waals surface area contributed by atoms with Crippen molar-refractivity contribution in [2.75, 3.05) is 13.1 Å². The molecule has 6 heteroatoms. The van der Waals surface area contributed by atoms with Gasteiger partial charge in [-0.1, -0.05) is 36.4 Å². The van der Waals surface area contributed by atoms with Crippen LogP contribution in [0.25, 0.3) is 11.1 Å². The van der Waals surface area contributed by atoms with E-state index in [0.717, 1.165) is 49.2 Å². The minimum Gasteiger partial charge on any atom is -0.489 e. The number of hydrogen-bond acceptors (Lipinski definition) is 4. The first-order chi connectivity index (χ1) is 15.8. The number of pyridine rings is 1. The summed E-state index contributed by atoms with van der Waals surface area (Å²) in [5, 5.41) is 4.54. The Morgan fingerprint density at radius 1 is 1.15 bits per heavy atom. The van der Waals surface area contributed by atoms with Crippen LogP contribution in [-0.2, 0) is 11.3 Å². The summed E-state index contributed by atoms with van der Waals surface area (Å²) in [6, 6.07) is 14.2. The van der Waals surface area contributed by atoms with E-state index in [1.54, 1.807) is 0 Å².